The fourth-order valence-electron chi connectivity index (χ4n) is 3.47. The predicted octanol–water partition coefficient (Wildman–Crippen LogP) is 7.86. The van der Waals surface area contributed by atoms with E-state index in [1.807, 2.05) is 78.9 Å². The smallest absolute Gasteiger partial charge is 0.0998 e. The van der Waals surface area contributed by atoms with E-state index in [0.29, 0.717) is 5.57 Å². The van der Waals surface area contributed by atoms with Crippen LogP contribution in [0.25, 0.3) is 17.7 Å². The average Bonchev–Trinajstić information content (AvgIpc) is 2.85. The van der Waals surface area contributed by atoms with Crippen molar-refractivity contribution < 1.29 is 0 Å². The normalized spacial score (nSPS) is 10.9. The van der Waals surface area contributed by atoms with Gasteiger partial charge in [0.15, 0.2) is 0 Å². The molecule has 0 heterocycles. The summed E-state index contributed by atoms with van der Waals surface area (Å²) in [4.78, 5) is 2.21. The molecule has 0 aliphatic heterocycles. The SMILES string of the molecule is C=Cc1ccc(/C(C#N)=C\c2ccc(N(c3ccccc3)c3ccccc3)cc2)cc1. The van der Waals surface area contributed by atoms with Gasteiger partial charge in [0, 0.05) is 17.1 Å². The molecule has 4 aromatic carbocycles. The zero-order valence-electron chi connectivity index (χ0n) is 17.1. The monoisotopic (exact) mass is 398 g/mol. The highest BCUT2D eigenvalue weighted by molar-refractivity contribution is 5.90. The van der Waals surface area contributed by atoms with Gasteiger partial charge in [-0.15, -0.1) is 0 Å². The summed E-state index contributed by atoms with van der Waals surface area (Å²) in [6.07, 6.45) is 3.71. The zero-order valence-corrected chi connectivity index (χ0v) is 17.1. The summed E-state index contributed by atoms with van der Waals surface area (Å²) in [5, 5.41) is 9.66. The van der Waals surface area contributed by atoms with Crippen LogP contribution in [0.4, 0.5) is 17.1 Å². The highest BCUT2D eigenvalue weighted by Crippen LogP contribution is 2.34. The van der Waals surface area contributed by atoms with Crippen LogP contribution in [0.1, 0.15) is 16.7 Å². The van der Waals surface area contributed by atoms with E-state index < -0.39 is 0 Å². The number of nitriles is 1. The minimum absolute atomic E-state index is 0.631. The Balaban J connectivity index is 1.67. The number of rotatable bonds is 6. The first-order valence-corrected chi connectivity index (χ1v) is 10.1. The number of benzene rings is 4. The van der Waals surface area contributed by atoms with Gasteiger partial charge in [-0.1, -0.05) is 85.5 Å². The minimum Gasteiger partial charge on any atom is -0.311 e. The molecule has 0 spiro atoms. The summed E-state index contributed by atoms with van der Waals surface area (Å²) >= 11 is 0. The number of allylic oxidation sites excluding steroid dienone is 1. The van der Waals surface area contributed by atoms with E-state index in [0.717, 1.165) is 33.8 Å². The van der Waals surface area contributed by atoms with E-state index in [1.54, 1.807) is 6.08 Å². The van der Waals surface area contributed by atoms with Crippen molar-refractivity contribution >= 4 is 34.8 Å². The molecule has 2 nitrogen and oxygen atoms in total. The maximum absolute atomic E-state index is 9.66. The van der Waals surface area contributed by atoms with Crippen molar-refractivity contribution in [2.45, 2.75) is 0 Å². The molecular formula is C29H22N2. The third-order valence-electron chi connectivity index (χ3n) is 5.07. The van der Waals surface area contributed by atoms with Gasteiger partial charge in [0.2, 0.25) is 0 Å². The number of para-hydroxylation sites is 2. The molecule has 0 saturated carbocycles. The molecule has 0 bridgehead atoms. The first kappa shape index (κ1) is 19.9. The van der Waals surface area contributed by atoms with Gasteiger partial charge in [0.05, 0.1) is 11.6 Å². The Hall–Kier alpha value is -4.35. The molecule has 4 rings (SSSR count). The van der Waals surface area contributed by atoms with Crippen molar-refractivity contribution in [2.75, 3.05) is 4.90 Å². The van der Waals surface area contributed by atoms with E-state index >= 15 is 0 Å². The summed E-state index contributed by atoms with van der Waals surface area (Å²) in [6, 6.07) is 39.0. The van der Waals surface area contributed by atoms with Gasteiger partial charge >= 0.3 is 0 Å². The predicted molar refractivity (Wildman–Crippen MR) is 131 cm³/mol. The molecule has 0 amide bonds. The summed E-state index contributed by atoms with van der Waals surface area (Å²) < 4.78 is 0. The molecular weight excluding hydrogens is 376 g/mol. The molecule has 0 fully saturated rings. The Bertz CT molecular complexity index is 1170. The maximum Gasteiger partial charge on any atom is 0.0998 e. The number of nitrogens with zero attached hydrogens (tertiary/aromatic N) is 2. The number of anilines is 3. The van der Waals surface area contributed by atoms with Crippen LogP contribution < -0.4 is 4.90 Å². The second-order valence-corrected chi connectivity index (χ2v) is 7.09. The molecule has 0 aromatic heterocycles. The minimum atomic E-state index is 0.631. The largest absolute Gasteiger partial charge is 0.311 e. The molecule has 0 atom stereocenters. The van der Waals surface area contributed by atoms with Crippen LogP contribution in [0.3, 0.4) is 0 Å². The third-order valence-corrected chi connectivity index (χ3v) is 5.07. The van der Waals surface area contributed by atoms with Crippen molar-refractivity contribution in [2.24, 2.45) is 0 Å². The lowest BCUT2D eigenvalue weighted by atomic mass is 10.0. The molecule has 0 aliphatic rings. The second-order valence-electron chi connectivity index (χ2n) is 7.09. The molecule has 31 heavy (non-hydrogen) atoms. The molecule has 4 aromatic rings. The highest BCUT2D eigenvalue weighted by Gasteiger charge is 2.11. The van der Waals surface area contributed by atoms with Crippen LogP contribution in [0.5, 0.6) is 0 Å². The van der Waals surface area contributed by atoms with E-state index in [9.17, 15) is 5.26 Å². The Kier molecular flexibility index (Phi) is 6.07. The highest BCUT2D eigenvalue weighted by atomic mass is 15.1. The summed E-state index contributed by atoms with van der Waals surface area (Å²) in [5.41, 5.74) is 6.79. The van der Waals surface area contributed by atoms with Crippen LogP contribution in [-0.4, -0.2) is 0 Å². The van der Waals surface area contributed by atoms with Gasteiger partial charge in [-0.3, -0.25) is 0 Å². The Labute approximate surface area is 183 Å². The van der Waals surface area contributed by atoms with Gasteiger partial charge in [0.1, 0.15) is 0 Å². The van der Waals surface area contributed by atoms with Crippen LogP contribution >= 0.6 is 0 Å². The van der Waals surface area contributed by atoms with Gasteiger partial charge in [-0.25, -0.2) is 0 Å². The third kappa shape index (κ3) is 4.63. The molecule has 2 heteroatoms. The number of hydrogen-bond acceptors (Lipinski definition) is 2. The van der Waals surface area contributed by atoms with Gasteiger partial charge in [-0.2, -0.15) is 5.26 Å². The first-order valence-electron chi connectivity index (χ1n) is 10.1. The van der Waals surface area contributed by atoms with Crippen LogP contribution in [0, 0.1) is 11.3 Å². The molecule has 148 valence electrons. The molecule has 0 radical (unpaired) electrons. The lowest BCUT2D eigenvalue weighted by molar-refractivity contribution is 1.28. The van der Waals surface area contributed by atoms with E-state index in [2.05, 4.69) is 53.9 Å². The van der Waals surface area contributed by atoms with Crippen LogP contribution in [-0.2, 0) is 0 Å². The molecule has 0 aliphatic carbocycles. The van der Waals surface area contributed by atoms with E-state index in [-0.39, 0.29) is 0 Å². The van der Waals surface area contributed by atoms with Crippen molar-refractivity contribution in [1.29, 1.82) is 5.26 Å². The lowest BCUT2D eigenvalue weighted by Gasteiger charge is -2.25. The quantitative estimate of drug-likeness (QED) is 0.244. The maximum atomic E-state index is 9.66. The number of hydrogen-bond donors (Lipinski definition) is 0. The van der Waals surface area contributed by atoms with Crippen LogP contribution in [0.2, 0.25) is 0 Å². The van der Waals surface area contributed by atoms with Crippen molar-refractivity contribution in [3.05, 3.63) is 132 Å². The lowest BCUT2D eigenvalue weighted by Crippen LogP contribution is -2.09. The average molecular weight is 399 g/mol. The van der Waals surface area contributed by atoms with E-state index in [1.165, 1.54) is 0 Å². The fraction of sp³-hybridized carbons (Fsp3) is 0. The van der Waals surface area contributed by atoms with E-state index in [4.69, 9.17) is 0 Å². The van der Waals surface area contributed by atoms with Crippen LogP contribution in [0.15, 0.2) is 116 Å². The molecule has 0 unspecified atom stereocenters. The Morgan fingerprint density at radius 3 is 1.61 bits per heavy atom. The fourth-order valence-corrected chi connectivity index (χ4v) is 3.47. The summed E-state index contributed by atoms with van der Waals surface area (Å²) in [5.74, 6) is 0. The Morgan fingerprint density at radius 2 is 1.13 bits per heavy atom. The van der Waals surface area contributed by atoms with Crippen molar-refractivity contribution in [3.8, 4) is 6.07 Å². The first-order chi connectivity index (χ1) is 15.3. The topological polar surface area (TPSA) is 27.0 Å². The van der Waals surface area contributed by atoms with Crippen molar-refractivity contribution in [3.63, 3.8) is 0 Å². The molecule has 0 saturated heterocycles. The van der Waals surface area contributed by atoms with Gasteiger partial charge < -0.3 is 4.90 Å². The van der Waals surface area contributed by atoms with Crippen molar-refractivity contribution in [1.82, 2.24) is 0 Å². The molecule has 0 N–H and O–H groups in total. The summed E-state index contributed by atoms with van der Waals surface area (Å²) in [6.45, 7) is 3.78. The second kappa shape index (κ2) is 9.43. The zero-order chi connectivity index (χ0) is 21.5. The van der Waals surface area contributed by atoms with Gasteiger partial charge in [0.25, 0.3) is 0 Å². The standard InChI is InChI=1S/C29H22N2/c1-2-23-13-17-25(18-14-23)26(22-30)21-24-15-19-29(20-16-24)31(27-9-5-3-6-10-27)28-11-7-4-8-12-28/h2-21H,1H2/b26-21-. The Morgan fingerprint density at radius 1 is 0.645 bits per heavy atom. The van der Waals surface area contributed by atoms with Gasteiger partial charge in [-0.05, 0) is 59.2 Å². The summed E-state index contributed by atoms with van der Waals surface area (Å²) in [7, 11) is 0.